The van der Waals surface area contributed by atoms with Crippen LogP contribution in [0.5, 0.6) is 5.75 Å². The number of nitrogens with zero attached hydrogens (tertiary/aromatic N) is 1. The first kappa shape index (κ1) is 18.5. The molecular weight excluding hydrogens is 322 g/mol. The van der Waals surface area contributed by atoms with Gasteiger partial charge in [-0.2, -0.15) is 0 Å². The lowest BCUT2D eigenvalue weighted by Gasteiger charge is -2.42. The SMILES string of the molecule is COc1ccc(C#C[Si](C)(C)C)c2c1C(N(C)C1CC1)CCC2(C)C. The fourth-order valence-electron chi connectivity index (χ4n) is 4.11. The Bertz CT molecular complexity index is 716. The molecule has 2 aliphatic rings. The van der Waals surface area contributed by atoms with Gasteiger partial charge in [0.15, 0.2) is 0 Å². The minimum Gasteiger partial charge on any atom is -0.496 e. The van der Waals surface area contributed by atoms with Crippen molar-refractivity contribution >= 4 is 8.07 Å². The van der Waals surface area contributed by atoms with Gasteiger partial charge in [0.2, 0.25) is 0 Å². The Morgan fingerprint density at radius 3 is 2.40 bits per heavy atom. The van der Waals surface area contributed by atoms with Gasteiger partial charge >= 0.3 is 0 Å². The first-order valence-electron chi connectivity index (χ1n) is 9.60. The van der Waals surface area contributed by atoms with Crippen LogP contribution in [0.2, 0.25) is 19.6 Å². The molecule has 0 radical (unpaired) electrons. The van der Waals surface area contributed by atoms with Crippen LogP contribution < -0.4 is 4.74 Å². The summed E-state index contributed by atoms with van der Waals surface area (Å²) in [6, 6.07) is 5.54. The highest BCUT2D eigenvalue weighted by molar-refractivity contribution is 6.83. The van der Waals surface area contributed by atoms with E-state index in [4.69, 9.17) is 4.74 Å². The molecule has 0 aliphatic heterocycles. The molecule has 1 aromatic rings. The second kappa shape index (κ2) is 6.48. The standard InChI is InChI=1S/C22H33NOSi/c1-22(2)14-12-18(23(3)17-9-10-17)20-19(24-4)11-8-16(21(20)22)13-15-25(5,6)7/h8,11,17-18H,9-10,12,14H2,1-7H3. The number of ether oxygens (including phenoxy) is 1. The fourth-order valence-corrected chi connectivity index (χ4v) is 4.62. The van der Waals surface area contributed by atoms with Crippen LogP contribution in [0.15, 0.2) is 12.1 Å². The molecule has 2 aliphatic carbocycles. The average Bonchev–Trinajstić information content (AvgIpc) is 3.36. The number of benzene rings is 1. The van der Waals surface area contributed by atoms with Crippen LogP contribution in [0.1, 0.15) is 62.3 Å². The van der Waals surface area contributed by atoms with E-state index in [1.807, 2.05) is 0 Å². The van der Waals surface area contributed by atoms with Crippen LogP contribution in [0.3, 0.4) is 0 Å². The highest BCUT2D eigenvalue weighted by Gasteiger charge is 2.41. The zero-order chi connectivity index (χ0) is 18.4. The number of hydrogen-bond acceptors (Lipinski definition) is 2. The lowest BCUT2D eigenvalue weighted by molar-refractivity contribution is 0.187. The summed E-state index contributed by atoms with van der Waals surface area (Å²) in [5.74, 6) is 4.60. The Morgan fingerprint density at radius 1 is 1.16 bits per heavy atom. The molecule has 3 heteroatoms. The molecule has 0 saturated heterocycles. The summed E-state index contributed by atoms with van der Waals surface area (Å²) >= 11 is 0. The molecule has 0 amide bonds. The molecule has 0 N–H and O–H groups in total. The zero-order valence-corrected chi connectivity index (χ0v) is 18.0. The predicted octanol–water partition coefficient (Wildman–Crippen LogP) is 5.13. The van der Waals surface area contributed by atoms with Gasteiger partial charge in [0.05, 0.1) is 7.11 Å². The van der Waals surface area contributed by atoms with Gasteiger partial charge in [0, 0.05) is 23.2 Å². The minimum atomic E-state index is -1.40. The van der Waals surface area contributed by atoms with E-state index in [1.54, 1.807) is 7.11 Å². The Balaban J connectivity index is 2.17. The van der Waals surface area contributed by atoms with E-state index in [0.29, 0.717) is 6.04 Å². The fraction of sp³-hybridized carbons (Fsp3) is 0.636. The van der Waals surface area contributed by atoms with Crippen LogP contribution >= 0.6 is 0 Å². The van der Waals surface area contributed by atoms with Crippen molar-refractivity contribution in [3.63, 3.8) is 0 Å². The molecule has 2 nitrogen and oxygen atoms in total. The number of hydrogen-bond donors (Lipinski definition) is 0. The van der Waals surface area contributed by atoms with Gasteiger partial charge in [-0.15, -0.1) is 5.54 Å². The second-order valence-corrected chi connectivity index (χ2v) is 14.2. The van der Waals surface area contributed by atoms with Gasteiger partial charge in [0.1, 0.15) is 13.8 Å². The van der Waals surface area contributed by atoms with Crippen LogP contribution in [-0.2, 0) is 5.41 Å². The van der Waals surface area contributed by atoms with E-state index in [2.05, 4.69) is 69.0 Å². The smallest absolute Gasteiger partial charge is 0.129 e. The van der Waals surface area contributed by atoms with Crippen molar-refractivity contribution in [1.29, 1.82) is 0 Å². The Hall–Kier alpha value is -1.24. The van der Waals surface area contributed by atoms with Crippen molar-refractivity contribution in [2.24, 2.45) is 0 Å². The third-order valence-corrected chi connectivity index (χ3v) is 6.54. The van der Waals surface area contributed by atoms with Gasteiger partial charge < -0.3 is 4.74 Å². The van der Waals surface area contributed by atoms with Crippen molar-refractivity contribution in [3.05, 3.63) is 28.8 Å². The highest BCUT2D eigenvalue weighted by Crippen LogP contribution is 2.50. The third-order valence-electron chi connectivity index (χ3n) is 5.66. The number of fused-ring (bicyclic) bond motifs is 1. The van der Waals surface area contributed by atoms with E-state index in [-0.39, 0.29) is 5.41 Å². The van der Waals surface area contributed by atoms with Crippen LogP contribution in [0, 0.1) is 11.5 Å². The molecule has 136 valence electrons. The quantitative estimate of drug-likeness (QED) is 0.550. The maximum Gasteiger partial charge on any atom is 0.129 e. The molecular formula is C22H33NOSi. The largest absolute Gasteiger partial charge is 0.496 e. The van der Waals surface area contributed by atoms with Crippen LogP contribution in [0.4, 0.5) is 0 Å². The summed E-state index contributed by atoms with van der Waals surface area (Å²) in [4.78, 5) is 2.59. The van der Waals surface area contributed by atoms with Crippen molar-refractivity contribution < 1.29 is 4.74 Å². The predicted molar refractivity (Wildman–Crippen MR) is 109 cm³/mol. The molecule has 0 spiro atoms. The van der Waals surface area contributed by atoms with E-state index >= 15 is 0 Å². The van der Waals surface area contributed by atoms with E-state index in [1.165, 1.54) is 42.4 Å². The summed E-state index contributed by atoms with van der Waals surface area (Å²) in [6.45, 7) is 11.7. The molecule has 1 aromatic carbocycles. The van der Waals surface area contributed by atoms with Gasteiger partial charge in [-0.3, -0.25) is 4.90 Å². The Kier molecular flexibility index (Phi) is 4.81. The lowest BCUT2D eigenvalue weighted by Crippen LogP contribution is -2.36. The number of methoxy groups -OCH3 is 1. The summed E-state index contributed by atoms with van der Waals surface area (Å²) in [6.07, 6.45) is 5.08. The monoisotopic (exact) mass is 355 g/mol. The van der Waals surface area contributed by atoms with Gasteiger partial charge in [-0.1, -0.05) is 39.4 Å². The van der Waals surface area contributed by atoms with Crippen molar-refractivity contribution in [1.82, 2.24) is 4.90 Å². The molecule has 1 fully saturated rings. The summed E-state index contributed by atoms with van der Waals surface area (Å²) in [5.41, 5.74) is 7.77. The van der Waals surface area contributed by atoms with Crippen molar-refractivity contribution in [3.8, 4) is 17.2 Å². The Morgan fingerprint density at radius 2 is 1.84 bits per heavy atom. The Labute approximate surface area is 155 Å². The van der Waals surface area contributed by atoms with Crippen LogP contribution in [0.25, 0.3) is 0 Å². The minimum absolute atomic E-state index is 0.147. The molecule has 3 rings (SSSR count). The van der Waals surface area contributed by atoms with E-state index in [9.17, 15) is 0 Å². The summed E-state index contributed by atoms with van der Waals surface area (Å²) < 4.78 is 5.82. The molecule has 1 atom stereocenters. The molecule has 25 heavy (non-hydrogen) atoms. The van der Waals surface area contributed by atoms with Crippen molar-refractivity contribution in [2.75, 3.05) is 14.2 Å². The van der Waals surface area contributed by atoms with E-state index < -0.39 is 8.07 Å². The maximum absolute atomic E-state index is 5.82. The molecule has 0 heterocycles. The molecule has 1 saturated carbocycles. The van der Waals surface area contributed by atoms with Crippen molar-refractivity contribution in [2.45, 2.75) is 76.7 Å². The normalized spacial score (nSPS) is 22.2. The number of rotatable bonds is 3. The molecule has 1 unspecified atom stereocenters. The first-order chi connectivity index (χ1) is 11.6. The van der Waals surface area contributed by atoms with Gasteiger partial charge in [-0.25, -0.2) is 0 Å². The first-order valence-corrected chi connectivity index (χ1v) is 13.1. The van der Waals surface area contributed by atoms with E-state index in [0.717, 1.165) is 11.8 Å². The molecule has 0 bridgehead atoms. The molecule has 0 aromatic heterocycles. The van der Waals surface area contributed by atoms with Gasteiger partial charge in [-0.05, 0) is 55.8 Å². The van der Waals surface area contributed by atoms with Gasteiger partial charge in [0.25, 0.3) is 0 Å². The highest BCUT2D eigenvalue weighted by atomic mass is 28.3. The second-order valence-electron chi connectivity index (χ2n) is 9.44. The lowest BCUT2D eigenvalue weighted by atomic mass is 9.68. The maximum atomic E-state index is 5.82. The topological polar surface area (TPSA) is 12.5 Å². The zero-order valence-electron chi connectivity index (χ0n) is 17.0. The summed E-state index contributed by atoms with van der Waals surface area (Å²) in [5, 5.41) is 0. The average molecular weight is 356 g/mol. The summed E-state index contributed by atoms with van der Waals surface area (Å²) in [7, 11) is 2.70. The van der Waals surface area contributed by atoms with Crippen LogP contribution in [-0.4, -0.2) is 33.2 Å². The third kappa shape index (κ3) is 3.81.